The molecular weight excluding hydrogens is 424 g/mol. The Labute approximate surface area is 185 Å². The lowest BCUT2D eigenvalue weighted by atomic mass is 10.1. The van der Waals surface area contributed by atoms with Crippen molar-refractivity contribution in [3.63, 3.8) is 0 Å². The lowest BCUT2D eigenvalue weighted by Crippen LogP contribution is -2.12. The van der Waals surface area contributed by atoms with E-state index in [2.05, 4.69) is 4.98 Å². The van der Waals surface area contributed by atoms with Crippen LogP contribution in [0.25, 0.3) is 33.1 Å². The van der Waals surface area contributed by atoms with Crippen LogP contribution in [0.3, 0.4) is 0 Å². The summed E-state index contributed by atoms with van der Waals surface area (Å²) in [5.74, 6) is 1.18. The maximum atomic E-state index is 13.7. The molecule has 0 saturated carbocycles. The molecule has 5 aromatic rings. The van der Waals surface area contributed by atoms with Crippen LogP contribution in [0.1, 0.15) is 0 Å². The molecule has 0 unspecified atom stereocenters. The minimum Gasteiger partial charge on any atom is -0.493 e. The van der Waals surface area contributed by atoms with Gasteiger partial charge in [-0.15, -0.1) is 0 Å². The van der Waals surface area contributed by atoms with Gasteiger partial charge in [0.1, 0.15) is 0 Å². The first-order chi connectivity index (χ1) is 15.5. The van der Waals surface area contributed by atoms with E-state index in [0.717, 1.165) is 16.3 Å². The summed E-state index contributed by atoms with van der Waals surface area (Å²) in [6, 6.07) is 23.2. The lowest BCUT2D eigenvalue weighted by Gasteiger charge is -2.11. The predicted molar refractivity (Wildman–Crippen MR) is 125 cm³/mol. The summed E-state index contributed by atoms with van der Waals surface area (Å²) in [6.07, 6.45) is 1.72. The highest BCUT2D eigenvalue weighted by atomic mass is 32.2. The van der Waals surface area contributed by atoms with E-state index in [4.69, 9.17) is 9.47 Å². The zero-order valence-electron chi connectivity index (χ0n) is 17.5. The standard InChI is InChI=1S/C25H20N2O4S/c1-30-24-13-12-17(14-25(24)31-2)21-15-23-20(16-26-21)19-10-6-7-11-22(19)27(23)32(28,29)18-8-4-3-5-9-18/h3-16H,1-2H3. The number of nitrogens with zero attached hydrogens (tertiary/aromatic N) is 2. The first kappa shape index (κ1) is 20.1. The van der Waals surface area contributed by atoms with Crippen LogP contribution in [-0.2, 0) is 10.0 Å². The summed E-state index contributed by atoms with van der Waals surface area (Å²) in [5.41, 5.74) is 2.59. The largest absolute Gasteiger partial charge is 0.493 e. The topological polar surface area (TPSA) is 70.4 Å². The van der Waals surface area contributed by atoms with Crippen LogP contribution < -0.4 is 9.47 Å². The number of para-hydroxylation sites is 1. The molecule has 5 rings (SSSR count). The SMILES string of the molecule is COc1ccc(-c2cc3c(cn2)c2ccccc2n3S(=O)(=O)c2ccccc2)cc1OC. The molecule has 6 nitrogen and oxygen atoms in total. The number of benzene rings is 3. The Morgan fingerprint density at radius 1 is 0.750 bits per heavy atom. The fraction of sp³-hybridized carbons (Fsp3) is 0.0800. The first-order valence-electron chi connectivity index (χ1n) is 9.97. The maximum Gasteiger partial charge on any atom is 0.268 e. The summed E-state index contributed by atoms with van der Waals surface area (Å²) < 4.78 is 39.5. The Bertz CT molecular complexity index is 1560. The second-order valence-electron chi connectivity index (χ2n) is 7.26. The number of methoxy groups -OCH3 is 2. The van der Waals surface area contributed by atoms with Gasteiger partial charge in [-0.05, 0) is 42.5 Å². The molecule has 0 spiro atoms. The molecule has 160 valence electrons. The van der Waals surface area contributed by atoms with E-state index in [1.807, 2.05) is 36.4 Å². The maximum absolute atomic E-state index is 13.7. The number of hydrogen-bond donors (Lipinski definition) is 0. The predicted octanol–water partition coefficient (Wildman–Crippen LogP) is 5.11. The molecule has 2 heterocycles. The molecule has 0 fully saturated rings. The fourth-order valence-corrected chi connectivity index (χ4v) is 5.48. The average molecular weight is 445 g/mol. The number of pyridine rings is 1. The minimum atomic E-state index is -3.83. The average Bonchev–Trinajstić information content (AvgIpc) is 3.18. The molecule has 2 aromatic heterocycles. The second kappa shape index (κ2) is 7.69. The zero-order valence-corrected chi connectivity index (χ0v) is 18.3. The van der Waals surface area contributed by atoms with Crippen LogP contribution in [0.5, 0.6) is 11.5 Å². The highest BCUT2D eigenvalue weighted by molar-refractivity contribution is 7.90. The smallest absolute Gasteiger partial charge is 0.268 e. The van der Waals surface area contributed by atoms with Crippen molar-refractivity contribution < 1.29 is 17.9 Å². The Morgan fingerprint density at radius 3 is 2.22 bits per heavy atom. The third-order valence-corrected chi connectivity index (χ3v) is 7.22. The van der Waals surface area contributed by atoms with Gasteiger partial charge in [0.05, 0.1) is 35.8 Å². The van der Waals surface area contributed by atoms with Crippen LogP contribution >= 0.6 is 0 Å². The van der Waals surface area contributed by atoms with Gasteiger partial charge in [-0.1, -0.05) is 36.4 Å². The first-order valence-corrected chi connectivity index (χ1v) is 11.4. The van der Waals surface area contributed by atoms with E-state index in [1.165, 1.54) is 3.97 Å². The normalized spacial score (nSPS) is 11.7. The van der Waals surface area contributed by atoms with Gasteiger partial charge in [-0.2, -0.15) is 0 Å². The van der Waals surface area contributed by atoms with Crippen molar-refractivity contribution in [2.45, 2.75) is 4.90 Å². The fourth-order valence-electron chi connectivity index (χ4n) is 3.94. The molecule has 0 saturated heterocycles. The van der Waals surface area contributed by atoms with Gasteiger partial charge >= 0.3 is 0 Å². The van der Waals surface area contributed by atoms with Crippen molar-refractivity contribution in [2.75, 3.05) is 14.2 Å². The number of fused-ring (bicyclic) bond motifs is 3. The highest BCUT2D eigenvalue weighted by Crippen LogP contribution is 2.36. The van der Waals surface area contributed by atoms with Gasteiger partial charge in [0, 0.05) is 22.5 Å². The third-order valence-electron chi connectivity index (χ3n) is 5.47. The zero-order chi connectivity index (χ0) is 22.3. The third kappa shape index (κ3) is 3.09. The molecule has 0 amide bonds. The number of hydrogen-bond acceptors (Lipinski definition) is 5. The summed E-state index contributed by atoms with van der Waals surface area (Å²) >= 11 is 0. The van der Waals surface area contributed by atoms with Gasteiger partial charge in [-0.3, -0.25) is 4.98 Å². The van der Waals surface area contributed by atoms with Gasteiger partial charge in [0.2, 0.25) is 0 Å². The van der Waals surface area contributed by atoms with E-state index < -0.39 is 10.0 Å². The summed E-state index contributed by atoms with van der Waals surface area (Å²) in [7, 11) is -0.677. The second-order valence-corrected chi connectivity index (χ2v) is 9.04. The summed E-state index contributed by atoms with van der Waals surface area (Å²) in [4.78, 5) is 4.85. The molecular formula is C25H20N2O4S. The van der Waals surface area contributed by atoms with Crippen molar-refractivity contribution >= 4 is 31.8 Å². The molecule has 7 heteroatoms. The van der Waals surface area contributed by atoms with Gasteiger partial charge in [0.25, 0.3) is 10.0 Å². The molecule has 0 aliphatic heterocycles. The van der Waals surface area contributed by atoms with E-state index in [9.17, 15) is 8.42 Å². The van der Waals surface area contributed by atoms with Crippen molar-refractivity contribution in [1.29, 1.82) is 0 Å². The molecule has 0 radical (unpaired) electrons. The monoisotopic (exact) mass is 444 g/mol. The minimum absolute atomic E-state index is 0.229. The highest BCUT2D eigenvalue weighted by Gasteiger charge is 2.23. The Kier molecular flexibility index (Phi) is 4.83. The lowest BCUT2D eigenvalue weighted by molar-refractivity contribution is 0.355. The van der Waals surface area contributed by atoms with Crippen molar-refractivity contribution in [3.8, 4) is 22.8 Å². The van der Waals surface area contributed by atoms with Gasteiger partial charge < -0.3 is 9.47 Å². The molecule has 0 bridgehead atoms. The number of ether oxygens (including phenoxy) is 2. The van der Waals surface area contributed by atoms with Crippen LogP contribution in [0.4, 0.5) is 0 Å². The van der Waals surface area contributed by atoms with E-state index in [0.29, 0.717) is 28.2 Å². The Morgan fingerprint density at radius 2 is 1.47 bits per heavy atom. The van der Waals surface area contributed by atoms with Crippen molar-refractivity contribution in [1.82, 2.24) is 8.96 Å². The molecule has 0 N–H and O–H groups in total. The molecule has 0 atom stereocenters. The van der Waals surface area contributed by atoms with Crippen LogP contribution in [0, 0.1) is 0 Å². The molecule has 32 heavy (non-hydrogen) atoms. The van der Waals surface area contributed by atoms with E-state index in [1.54, 1.807) is 62.9 Å². The summed E-state index contributed by atoms with van der Waals surface area (Å²) in [6.45, 7) is 0. The quantitative estimate of drug-likeness (QED) is 0.377. The van der Waals surface area contributed by atoms with Crippen LogP contribution in [0.2, 0.25) is 0 Å². The van der Waals surface area contributed by atoms with Gasteiger partial charge in [-0.25, -0.2) is 12.4 Å². The number of rotatable bonds is 5. The molecule has 0 aliphatic carbocycles. The number of aromatic nitrogens is 2. The van der Waals surface area contributed by atoms with E-state index in [-0.39, 0.29) is 4.90 Å². The van der Waals surface area contributed by atoms with Crippen LogP contribution in [0.15, 0.2) is 90.0 Å². The van der Waals surface area contributed by atoms with Crippen molar-refractivity contribution in [3.05, 3.63) is 85.1 Å². The molecule has 3 aromatic carbocycles. The summed E-state index contributed by atoms with van der Waals surface area (Å²) in [5, 5.41) is 1.60. The Hall–Kier alpha value is -3.84. The van der Waals surface area contributed by atoms with Gasteiger partial charge in [0.15, 0.2) is 11.5 Å². The van der Waals surface area contributed by atoms with Crippen LogP contribution in [-0.4, -0.2) is 31.6 Å². The van der Waals surface area contributed by atoms with E-state index >= 15 is 0 Å². The Balaban J connectivity index is 1.80. The molecule has 0 aliphatic rings. The van der Waals surface area contributed by atoms with Crippen molar-refractivity contribution in [2.24, 2.45) is 0 Å².